The lowest BCUT2D eigenvalue weighted by molar-refractivity contribution is 0.0733. The van der Waals surface area contributed by atoms with Crippen molar-refractivity contribution in [1.29, 1.82) is 0 Å². The van der Waals surface area contributed by atoms with E-state index in [2.05, 4.69) is 13.8 Å². The third-order valence-electron chi connectivity index (χ3n) is 5.96. The fourth-order valence-corrected chi connectivity index (χ4v) is 4.03. The molecule has 36 heavy (non-hydrogen) atoms. The molecule has 0 fully saturated rings. The minimum Gasteiger partial charge on any atom is -0.493 e. The largest absolute Gasteiger partial charge is 0.493 e. The van der Waals surface area contributed by atoms with Gasteiger partial charge in [0.15, 0.2) is 17.3 Å². The van der Waals surface area contributed by atoms with Crippen LogP contribution in [0.2, 0.25) is 0 Å². The molecule has 0 saturated heterocycles. The Morgan fingerprint density at radius 3 is 2.11 bits per heavy atom. The standard InChI is InChI=1S/C29H28O7/c1-16(2)19-9-7-18(8-10-19)12-23-27(30)26-17(3)11-21(15-22(26)36-23)35-29(31)20-13-24(32-4)28(34-6)25(14-20)33-5/h7-16H,1-6H3/b23-12-. The average Bonchev–Trinajstić information content (AvgIpc) is 3.18. The van der Waals surface area contributed by atoms with Gasteiger partial charge in [-0.05, 0) is 53.8 Å². The molecule has 4 rings (SSSR count). The van der Waals surface area contributed by atoms with E-state index in [4.69, 9.17) is 23.7 Å². The second-order valence-corrected chi connectivity index (χ2v) is 8.68. The Hall–Kier alpha value is -4.26. The number of fused-ring (bicyclic) bond motifs is 1. The summed E-state index contributed by atoms with van der Waals surface area (Å²) in [6.07, 6.45) is 1.72. The maximum atomic E-state index is 13.0. The summed E-state index contributed by atoms with van der Waals surface area (Å²) >= 11 is 0. The number of aryl methyl sites for hydroxylation is 1. The predicted octanol–water partition coefficient (Wildman–Crippen LogP) is 5.98. The Labute approximate surface area is 210 Å². The quantitative estimate of drug-likeness (QED) is 0.230. The van der Waals surface area contributed by atoms with Gasteiger partial charge in [0, 0.05) is 6.07 Å². The highest BCUT2D eigenvalue weighted by Crippen LogP contribution is 2.40. The van der Waals surface area contributed by atoms with Crippen molar-refractivity contribution < 1.29 is 33.3 Å². The van der Waals surface area contributed by atoms with Gasteiger partial charge in [0.2, 0.25) is 11.5 Å². The molecule has 0 bridgehead atoms. The molecule has 0 aliphatic carbocycles. The van der Waals surface area contributed by atoms with Crippen LogP contribution in [0.15, 0.2) is 54.3 Å². The maximum absolute atomic E-state index is 13.0. The van der Waals surface area contributed by atoms with Gasteiger partial charge in [-0.2, -0.15) is 0 Å². The van der Waals surface area contributed by atoms with Gasteiger partial charge in [-0.3, -0.25) is 4.79 Å². The highest BCUT2D eigenvalue weighted by molar-refractivity contribution is 6.15. The van der Waals surface area contributed by atoms with E-state index in [-0.39, 0.29) is 22.9 Å². The zero-order valence-electron chi connectivity index (χ0n) is 21.1. The smallest absolute Gasteiger partial charge is 0.343 e. The van der Waals surface area contributed by atoms with Crippen molar-refractivity contribution in [3.8, 4) is 28.7 Å². The molecule has 0 N–H and O–H groups in total. The summed E-state index contributed by atoms with van der Waals surface area (Å²) in [5.41, 5.74) is 3.39. The number of carbonyl (C=O) groups excluding carboxylic acids is 2. The van der Waals surface area contributed by atoms with Gasteiger partial charge in [0.25, 0.3) is 0 Å². The third kappa shape index (κ3) is 4.77. The first kappa shape index (κ1) is 24.9. The molecule has 0 aromatic heterocycles. The van der Waals surface area contributed by atoms with E-state index in [1.807, 2.05) is 24.3 Å². The van der Waals surface area contributed by atoms with E-state index < -0.39 is 5.97 Å². The number of carbonyl (C=O) groups is 2. The van der Waals surface area contributed by atoms with Crippen LogP contribution in [-0.2, 0) is 0 Å². The van der Waals surface area contributed by atoms with Crippen molar-refractivity contribution in [2.24, 2.45) is 0 Å². The summed E-state index contributed by atoms with van der Waals surface area (Å²) in [7, 11) is 4.42. The molecule has 7 nitrogen and oxygen atoms in total. The molecule has 0 spiro atoms. The van der Waals surface area contributed by atoms with Gasteiger partial charge in [-0.25, -0.2) is 4.79 Å². The van der Waals surface area contributed by atoms with Crippen LogP contribution < -0.4 is 23.7 Å². The van der Waals surface area contributed by atoms with Crippen LogP contribution in [0.25, 0.3) is 6.08 Å². The second-order valence-electron chi connectivity index (χ2n) is 8.68. The molecule has 0 saturated carbocycles. The van der Waals surface area contributed by atoms with Gasteiger partial charge in [-0.15, -0.1) is 0 Å². The molecule has 7 heteroatoms. The molecule has 3 aromatic rings. The zero-order chi connectivity index (χ0) is 26.0. The number of allylic oxidation sites excluding steroid dienone is 1. The highest BCUT2D eigenvalue weighted by atomic mass is 16.5. The molecule has 0 atom stereocenters. The van der Waals surface area contributed by atoms with E-state index in [1.165, 1.54) is 39.0 Å². The molecule has 1 aliphatic rings. The van der Waals surface area contributed by atoms with Gasteiger partial charge in [0.05, 0.1) is 32.5 Å². The van der Waals surface area contributed by atoms with Crippen LogP contribution in [-0.4, -0.2) is 33.1 Å². The normalized spacial score (nSPS) is 13.4. The van der Waals surface area contributed by atoms with Crippen LogP contribution in [0.3, 0.4) is 0 Å². The van der Waals surface area contributed by atoms with Crippen LogP contribution in [0, 0.1) is 6.92 Å². The monoisotopic (exact) mass is 488 g/mol. The summed E-state index contributed by atoms with van der Waals surface area (Å²) in [6, 6.07) is 14.2. The van der Waals surface area contributed by atoms with E-state index in [9.17, 15) is 9.59 Å². The first-order chi connectivity index (χ1) is 17.2. The topological polar surface area (TPSA) is 80.3 Å². The Morgan fingerprint density at radius 1 is 0.917 bits per heavy atom. The Bertz CT molecular complexity index is 1330. The average molecular weight is 489 g/mol. The van der Waals surface area contributed by atoms with Crippen molar-refractivity contribution >= 4 is 17.8 Å². The SMILES string of the molecule is COc1cc(C(=O)Oc2cc(C)c3c(c2)O/C(=C\c2ccc(C(C)C)cc2)C3=O)cc(OC)c1OC. The predicted molar refractivity (Wildman–Crippen MR) is 136 cm³/mol. The second kappa shape index (κ2) is 10.2. The van der Waals surface area contributed by atoms with Gasteiger partial charge in [-0.1, -0.05) is 38.1 Å². The number of methoxy groups -OCH3 is 3. The van der Waals surface area contributed by atoms with E-state index in [0.717, 1.165) is 5.56 Å². The van der Waals surface area contributed by atoms with Gasteiger partial charge in [0.1, 0.15) is 11.5 Å². The van der Waals surface area contributed by atoms with Crippen molar-refractivity contribution in [2.45, 2.75) is 26.7 Å². The molecule has 0 radical (unpaired) electrons. The number of hydrogen-bond acceptors (Lipinski definition) is 7. The minimum absolute atomic E-state index is 0.210. The van der Waals surface area contributed by atoms with Crippen LogP contribution >= 0.6 is 0 Å². The van der Waals surface area contributed by atoms with Crippen LogP contribution in [0.5, 0.6) is 28.7 Å². The summed E-state index contributed by atoms with van der Waals surface area (Å²) < 4.78 is 27.4. The maximum Gasteiger partial charge on any atom is 0.343 e. The van der Waals surface area contributed by atoms with Crippen molar-refractivity contribution in [3.05, 3.63) is 82.1 Å². The summed E-state index contributed by atoms with van der Waals surface area (Å²) in [4.78, 5) is 25.9. The number of rotatable bonds is 7. The number of esters is 1. The summed E-state index contributed by atoms with van der Waals surface area (Å²) in [5.74, 6) is 1.44. The van der Waals surface area contributed by atoms with Crippen molar-refractivity contribution in [3.63, 3.8) is 0 Å². The van der Waals surface area contributed by atoms with Crippen LogP contribution in [0.4, 0.5) is 0 Å². The lowest BCUT2D eigenvalue weighted by atomic mass is 10.0. The lowest BCUT2D eigenvalue weighted by Gasteiger charge is -2.14. The molecule has 0 amide bonds. The third-order valence-corrected chi connectivity index (χ3v) is 5.96. The fourth-order valence-electron chi connectivity index (χ4n) is 4.03. The molecule has 1 heterocycles. The number of ether oxygens (including phenoxy) is 5. The first-order valence-electron chi connectivity index (χ1n) is 11.5. The lowest BCUT2D eigenvalue weighted by Crippen LogP contribution is -2.10. The minimum atomic E-state index is -0.626. The Morgan fingerprint density at radius 2 is 1.56 bits per heavy atom. The van der Waals surface area contributed by atoms with E-state index in [0.29, 0.717) is 40.0 Å². The molecular weight excluding hydrogens is 460 g/mol. The van der Waals surface area contributed by atoms with Gasteiger partial charge >= 0.3 is 5.97 Å². The van der Waals surface area contributed by atoms with Gasteiger partial charge < -0.3 is 23.7 Å². The van der Waals surface area contributed by atoms with Crippen LogP contribution in [0.1, 0.15) is 57.2 Å². The summed E-state index contributed by atoms with van der Waals surface area (Å²) in [6.45, 7) is 6.03. The Balaban J connectivity index is 1.59. The van der Waals surface area contributed by atoms with Crippen molar-refractivity contribution in [2.75, 3.05) is 21.3 Å². The number of Topliss-reactive ketones (excluding diaryl/α,β-unsaturated/α-hetero) is 1. The molecule has 186 valence electrons. The van der Waals surface area contributed by atoms with E-state index in [1.54, 1.807) is 25.1 Å². The molecular formula is C29H28O7. The number of ketones is 1. The first-order valence-corrected chi connectivity index (χ1v) is 11.5. The Kier molecular flexibility index (Phi) is 7.01. The fraction of sp³-hybridized carbons (Fsp3) is 0.241. The highest BCUT2D eigenvalue weighted by Gasteiger charge is 2.30. The van der Waals surface area contributed by atoms with Crippen molar-refractivity contribution in [1.82, 2.24) is 0 Å². The number of hydrogen-bond donors (Lipinski definition) is 0. The zero-order valence-corrected chi connectivity index (χ0v) is 21.1. The number of benzene rings is 3. The molecule has 0 unspecified atom stereocenters. The summed E-state index contributed by atoms with van der Waals surface area (Å²) in [5, 5.41) is 0. The van der Waals surface area contributed by atoms with E-state index >= 15 is 0 Å². The molecule has 3 aromatic carbocycles. The molecule has 1 aliphatic heterocycles.